The number of benzene rings is 1. The van der Waals surface area contributed by atoms with Gasteiger partial charge < -0.3 is 21.9 Å². The molecule has 0 unspecified atom stereocenters. The van der Waals surface area contributed by atoms with Crippen molar-refractivity contribution in [3.63, 3.8) is 0 Å². The van der Waals surface area contributed by atoms with Crippen LogP contribution in [0.1, 0.15) is 10.4 Å². The van der Waals surface area contributed by atoms with Crippen LogP contribution in [0.4, 0.5) is 11.4 Å². The van der Waals surface area contributed by atoms with Crippen LogP contribution in [0.15, 0.2) is 18.2 Å². The van der Waals surface area contributed by atoms with Crippen LogP contribution in [0.5, 0.6) is 0 Å². The Bertz CT molecular complexity index is 404. The molecule has 0 saturated carbocycles. The number of amides is 1. The molecule has 1 amide bonds. The highest BCUT2D eigenvalue weighted by molar-refractivity contribution is 5.94. The van der Waals surface area contributed by atoms with Crippen LogP contribution in [-0.2, 0) is 4.79 Å². The van der Waals surface area contributed by atoms with E-state index in [0.717, 1.165) is 0 Å². The number of carbonyl (C=O) groups excluding carboxylic acids is 1. The Morgan fingerprint density at radius 3 is 2.53 bits per heavy atom. The summed E-state index contributed by atoms with van der Waals surface area (Å²) in [6, 6.07) is 4.32. The molecule has 6 nitrogen and oxygen atoms in total. The minimum atomic E-state index is -1.09. The zero-order valence-electron chi connectivity index (χ0n) is 7.86. The Kier molecular flexibility index (Phi) is 3.12. The smallest absolute Gasteiger partial charge is 0.337 e. The Morgan fingerprint density at radius 2 is 2.07 bits per heavy atom. The zero-order chi connectivity index (χ0) is 11.4. The maximum absolute atomic E-state index is 10.6. The molecule has 15 heavy (non-hydrogen) atoms. The lowest BCUT2D eigenvalue weighted by atomic mass is 10.1. The summed E-state index contributed by atoms with van der Waals surface area (Å²) < 4.78 is 0. The molecular weight excluding hydrogens is 198 g/mol. The van der Waals surface area contributed by atoms with E-state index in [1.54, 1.807) is 0 Å². The number of carboxylic acids is 1. The van der Waals surface area contributed by atoms with Crippen LogP contribution in [0.25, 0.3) is 0 Å². The van der Waals surface area contributed by atoms with Crippen molar-refractivity contribution in [2.75, 3.05) is 17.6 Å². The molecule has 0 aromatic heterocycles. The highest BCUT2D eigenvalue weighted by atomic mass is 16.4. The molecule has 0 spiro atoms. The fraction of sp³-hybridized carbons (Fsp3) is 0.111. The maximum Gasteiger partial charge on any atom is 0.337 e. The average Bonchev–Trinajstić information content (AvgIpc) is 2.14. The van der Waals surface area contributed by atoms with Crippen molar-refractivity contribution in [3.8, 4) is 0 Å². The number of primary amides is 1. The van der Waals surface area contributed by atoms with Gasteiger partial charge in [0.1, 0.15) is 0 Å². The second-order valence-electron chi connectivity index (χ2n) is 2.93. The van der Waals surface area contributed by atoms with E-state index < -0.39 is 11.9 Å². The van der Waals surface area contributed by atoms with E-state index in [2.05, 4.69) is 5.32 Å². The van der Waals surface area contributed by atoms with Gasteiger partial charge in [0.2, 0.25) is 5.91 Å². The number of rotatable bonds is 4. The van der Waals surface area contributed by atoms with Gasteiger partial charge in [-0.3, -0.25) is 4.79 Å². The number of nitrogens with one attached hydrogen (secondary N) is 1. The summed E-state index contributed by atoms with van der Waals surface area (Å²) in [7, 11) is 0. The van der Waals surface area contributed by atoms with E-state index in [0.29, 0.717) is 5.69 Å². The van der Waals surface area contributed by atoms with E-state index in [9.17, 15) is 9.59 Å². The molecule has 1 rings (SSSR count). The number of anilines is 2. The van der Waals surface area contributed by atoms with Gasteiger partial charge in [0, 0.05) is 11.4 Å². The van der Waals surface area contributed by atoms with Crippen molar-refractivity contribution >= 4 is 23.3 Å². The second-order valence-corrected chi connectivity index (χ2v) is 2.93. The van der Waals surface area contributed by atoms with Gasteiger partial charge in [-0.25, -0.2) is 4.79 Å². The number of hydrogen-bond donors (Lipinski definition) is 4. The maximum atomic E-state index is 10.6. The van der Waals surface area contributed by atoms with Crippen LogP contribution < -0.4 is 16.8 Å². The summed E-state index contributed by atoms with van der Waals surface area (Å²) in [6.07, 6.45) is 0. The van der Waals surface area contributed by atoms with E-state index in [-0.39, 0.29) is 17.8 Å². The Morgan fingerprint density at radius 1 is 1.40 bits per heavy atom. The van der Waals surface area contributed by atoms with E-state index in [4.69, 9.17) is 16.6 Å². The molecule has 0 bridgehead atoms. The van der Waals surface area contributed by atoms with Crippen molar-refractivity contribution in [2.24, 2.45) is 5.73 Å². The van der Waals surface area contributed by atoms with Gasteiger partial charge in [0.15, 0.2) is 0 Å². The molecule has 1 aromatic rings. The molecule has 0 saturated heterocycles. The van der Waals surface area contributed by atoms with Crippen molar-refractivity contribution in [2.45, 2.75) is 0 Å². The molecule has 0 atom stereocenters. The molecule has 0 heterocycles. The molecular formula is C9H11N3O3. The van der Waals surface area contributed by atoms with Crippen molar-refractivity contribution in [3.05, 3.63) is 23.8 Å². The molecule has 1 aromatic carbocycles. The summed E-state index contributed by atoms with van der Waals surface area (Å²) in [6.45, 7) is -0.0220. The highest BCUT2D eigenvalue weighted by Crippen LogP contribution is 2.17. The summed E-state index contributed by atoms with van der Waals surface area (Å²) in [5.41, 5.74) is 11.1. The second kappa shape index (κ2) is 4.32. The van der Waals surface area contributed by atoms with Gasteiger partial charge in [-0.15, -0.1) is 0 Å². The van der Waals surface area contributed by atoms with Crippen LogP contribution in [0, 0.1) is 0 Å². The summed E-state index contributed by atoms with van der Waals surface area (Å²) >= 11 is 0. The van der Waals surface area contributed by atoms with Crippen LogP contribution >= 0.6 is 0 Å². The molecule has 0 radical (unpaired) electrons. The third kappa shape index (κ3) is 2.87. The quantitative estimate of drug-likeness (QED) is 0.515. The molecule has 80 valence electrons. The predicted molar refractivity (Wildman–Crippen MR) is 55.5 cm³/mol. The number of aromatic carboxylic acids is 1. The highest BCUT2D eigenvalue weighted by Gasteiger charge is 2.07. The summed E-state index contributed by atoms with van der Waals surface area (Å²) in [5.74, 6) is -1.59. The third-order valence-electron chi connectivity index (χ3n) is 1.75. The first kappa shape index (κ1) is 10.8. The van der Waals surface area contributed by atoms with Gasteiger partial charge in [0.25, 0.3) is 0 Å². The topological polar surface area (TPSA) is 118 Å². The molecule has 0 fully saturated rings. The Hall–Kier alpha value is -2.24. The van der Waals surface area contributed by atoms with Crippen molar-refractivity contribution < 1.29 is 14.7 Å². The molecule has 0 aliphatic rings. The Labute approximate surface area is 85.9 Å². The largest absolute Gasteiger partial charge is 0.478 e. The van der Waals surface area contributed by atoms with Gasteiger partial charge in [-0.05, 0) is 18.2 Å². The number of carbonyl (C=O) groups is 2. The van der Waals surface area contributed by atoms with E-state index in [1.807, 2.05) is 0 Å². The normalized spacial score (nSPS) is 9.60. The summed E-state index contributed by atoms with van der Waals surface area (Å²) in [5, 5.41) is 11.4. The zero-order valence-corrected chi connectivity index (χ0v) is 7.86. The lowest BCUT2D eigenvalue weighted by Gasteiger charge is -2.06. The molecule has 0 aliphatic carbocycles. The lowest BCUT2D eigenvalue weighted by Crippen LogP contribution is -2.21. The molecule has 0 aliphatic heterocycles. The fourth-order valence-corrected chi connectivity index (χ4v) is 1.06. The van der Waals surface area contributed by atoms with E-state index >= 15 is 0 Å². The first-order valence-electron chi connectivity index (χ1n) is 4.15. The minimum Gasteiger partial charge on any atom is -0.478 e. The van der Waals surface area contributed by atoms with Gasteiger partial charge in [-0.2, -0.15) is 0 Å². The molecule has 6 heteroatoms. The number of carboxylic acid groups (broad SMARTS) is 1. The monoisotopic (exact) mass is 209 g/mol. The summed E-state index contributed by atoms with van der Waals surface area (Å²) in [4.78, 5) is 21.1. The fourth-order valence-electron chi connectivity index (χ4n) is 1.06. The first-order chi connectivity index (χ1) is 7.00. The van der Waals surface area contributed by atoms with Crippen LogP contribution in [0.2, 0.25) is 0 Å². The molecule has 6 N–H and O–H groups in total. The van der Waals surface area contributed by atoms with Gasteiger partial charge in [0.05, 0.1) is 12.1 Å². The SMILES string of the molecule is NC(=O)CNc1ccc(C(=O)O)c(N)c1. The van der Waals surface area contributed by atoms with Crippen molar-refractivity contribution in [1.82, 2.24) is 0 Å². The predicted octanol–water partition coefficient (Wildman–Crippen LogP) is -0.136. The average molecular weight is 209 g/mol. The van der Waals surface area contributed by atoms with Gasteiger partial charge in [-0.1, -0.05) is 0 Å². The van der Waals surface area contributed by atoms with Crippen molar-refractivity contribution in [1.29, 1.82) is 0 Å². The van der Waals surface area contributed by atoms with Gasteiger partial charge >= 0.3 is 5.97 Å². The van der Waals surface area contributed by atoms with E-state index in [1.165, 1.54) is 18.2 Å². The standard InChI is InChI=1S/C9H11N3O3/c10-7-3-5(12-4-8(11)13)1-2-6(7)9(14)15/h1-3,12H,4,10H2,(H2,11,13)(H,14,15). The Balaban J connectivity index is 2.82. The first-order valence-corrected chi connectivity index (χ1v) is 4.15. The van der Waals surface area contributed by atoms with Crippen LogP contribution in [-0.4, -0.2) is 23.5 Å². The number of hydrogen-bond acceptors (Lipinski definition) is 4. The number of nitrogens with two attached hydrogens (primary N) is 2. The van der Waals surface area contributed by atoms with Crippen LogP contribution in [0.3, 0.4) is 0 Å². The lowest BCUT2D eigenvalue weighted by molar-refractivity contribution is -0.116. The minimum absolute atomic E-state index is 0.0220. The number of nitrogen functional groups attached to an aromatic ring is 1. The third-order valence-corrected chi connectivity index (χ3v) is 1.75.